The van der Waals surface area contributed by atoms with Gasteiger partial charge in [-0.25, -0.2) is 4.39 Å². The number of alkyl halides is 2. The molecule has 0 aromatic heterocycles. The lowest BCUT2D eigenvalue weighted by Crippen LogP contribution is -2.51. The van der Waals surface area contributed by atoms with E-state index in [0.29, 0.717) is 4.43 Å². The summed E-state index contributed by atoms with van der Waals surface area (Å²) in [5, 5.41) is 0. The molecule has 6 heteroatoms. The predicted octanol–water partition coefficient (Wildman–Crippen LogP) is 2.97. The van der Waals surface area contributed by atoms with E-state index in [-0.39, 0.29) is 24.4 Å². The molecule has 5 atom stereocenters. The standard InChI is InChI=1S/C14H24FIO4/c1-8-9(7-19-13(17)14(2,3)4)12(18-5)20-10(6-16)11(8)15/h8-12H,6-7H2,1-5H3/t8-,9-,10-,11-,12+/m1/s1. The number of halogens is 2. The molecular weight excluding hydrogens is 378 g/mol. The first-order valence-corrected chi connectivity index (χ1v) is 8.30. The van der Waals surface area contributed by atoms with Gasteiger partial charge < -0.3 is 14.2 Å². The minimum Gasteiger partial charge on any atom is -0.465 e. The number of hydrogen-bond acceptors (Lipinski definition) is 4. The Labute approximate surface area is 133 Å². The summed E-state index contributed by atoms with van der Waals surface area (Å²) in [4.78, 5) is 11.8. The van der Waals surface area contributed by atoms with Gasteiger partial charge in [0, 0.05) is 23.4 Å². The van der Waals surface area contributed by atoms with Crippen molar-refractivity contribution >= 4 is 28.6 Å². The van der Waals surface area contributed by atoms with Crippen LogP contribution >= 0.6 is 22.6 Å². The molecule has 0 amide bonds. The van der Waals surface area contributed by atoms with Crippen molar-refractivity contribution in [3.63, 3.8) is 0 Å². The highest BCUT2D eigenvalue weighted by Crippen LogP contribution is 2.34. The Morgan fingerprint density at radius 3 is 2.45 bits per heavy atom. The van der Waals surface area contributed by atoms with E-state index >= 15 is 0 Å². The number of rotatable bonds is 4. The fourth-order valence-electron chi connectivity index (χ4n) is 2.14. The van der Waals surface area contributed by atoms with Crippen LogP contribution in [0.2, 0.25) is 0 Å². The maximum atomic E-state index is 14.2. The second-order valence-electron chi connectivity index (χ2n) is 6.25. The molecule has 0 saturated carbocycles. The van der Waals surface area contributed by atoms with E-state index < -0.39 is 24.0 Å². The Bertz CT molecular complexity index is 330. The molecule has 0 aromatic rings. The zero-order chi connectivity index (χ0) is 15.5. The average Bonchev–Trinajstić information content (AvgIpc) is 2.38. The van der Waals surface area contributed by atoms with Gasteiger partial charge >= 0.3 is 5.97 Å². The zero-order valence-electron chi connectivity index (χ0n) is 12.7. The van der Waals surface area contributed by atoms with Gasteiger partial charge in [-0.2, -0.15) is 0 Å². The normalized spacial score (nSPS) is 34.9. The molecule has 0 aromatic carbocycles. The third-order valence-corrected chi connectivity index (χ3v) is 4.46. The molecule has 1 fully saturated rings. The van der Waals surface area contributed by atoms with Gasteiger partial charge in [-0.05, 0) is 20.8 Å². The van der Waals surface area contributed by atoms with Gasteiger partial charge in [0.25, 0.3) is 0 Å². The number of carbonyl (C=O) groups is 1. The highest BCUT2D eigenvalue weighted by atomic mass is 127. The Kier molecular flexibility index (Phi) is 6.66. The van der Waals surface area contributed by atoms with Crippen LogP contribution in [0.5, 0.6) is 0 Å². The molecule has 0 spiro atoms. The van der Waals surface area contributed by atoms with Crippen LogP contribution in [-0.2, 0) is 19.0 Å². The van der Waals surface area contributed by atoms with Crippen LogP contribution in [0.25, 0.3) is 0 Å². The van der Waals surface area contributed by atoms with Crippen LogP contribution in [-0.4, -0.2) is 42.7 Å². The largest absolute Gasteiger partial charge is 0.465 e. The van der Waals surface area contributed by atoms with Crippen LogP contribution in [0, 0.1) is 17.3 Å². The van der Waals surface area contributed by atoms with Crippen LogP contribution in [0.3, 0.4) is 0 Å². The predicted molar refractivity (Wildman–Crippen MR) is 82.5 cm³/mol. The molecule has 0 aliphatic carbocycles. The second-order valence-corrected chi connectivity index (χ2v) is 7.13. The molecular formula is C14H24FIO4. The van der Waals surface area contributed by atoms with Gasteiger partial charge in [0.15, 0.2) is 6.29 Å². The van der Waals surface area contributed by atoms with Gasteiger partial charge in [0.05, 0.1) is 12.0 Å². The maximum absolute atomic E-state index is 14.2. The first kappa shape index (κ1) is 18.1. The van der Waals surface area contributed by atoms with Gasteiger partial charge in [0.2, 0.25) is 0 Å². The van der Waals surface area contributed by atoms with Crippen molar-refractivity contribution in [3.05, 3.63) is 0 Å². The monoisotopic (exact) mass is 402 g/mol. The van der Waals surface area contributed by atoms with Crippen molar-refractivity contribution in [2.75, 3.05) is 18.1 Å². The minimum absolute atomic E-state index is 0.115. The van der Waals surface area contributed by atoms with E-state index in [1.807, 2.05) is 6.92 Å². The minimum atomic E-state index is -1.07. The quantitative estimate of drug-likeness (QED) is 0.412. The molecule has 1 heterocycles. The summed E-state index contributed by atoms with van der Waals surface area (Å²) in [6, 6.07) is 0. The van der Waals surface area contributed by atoms with Gasteiger partial charge in [-0.15, -0.1) is 0 Å². The molecule has 1 aliphatic heterocycles. The first-order chi connectivity index (χ1) is 9.22. The summed E-state index contributed by atoms with van der Waals surface area (Å²) in [5.41, 5.74) is -0.568. The molecule has 118 valence electrons. The van der Waals surface area contributed by atoms with Crippen LogP contribution in [0.4, 0.5) is 4.39 Å². The van der Waals surface area contributed by atoms with E-state index in [1.54, 1.807) is 20.8 Å². The van der Waals surface area contributed by atoms with Crippen molar-refractivity contribution in [2.24, 2.45) is 17.3 Å². The number of carbonyl (C=O) groups excluding carboxylic acids is 1. The molecule has 0 bridgehead atoms. The summed E-state index contributed by atoms with van der Waals surface area (Å²) in [6.45, 7) is 7.29. The van der Waals surface area contributed by atoms with Gasteiger partial charge in [-0.1, -0.05) is 29.5 Å². The van der Waals surface area contributed by atoms with Gasteiger partial charge in [-0.3, -0.25) is 4.79 Å². The summed E-state index contributed by atoms with van der Waals surface area (Å²) in [6.07, 6.45) is -2.08. The molecule has 20 heavy (non-hydrogen) atoms. The lowest BCUT2D eigenvalue weighted by Gasteiger charge is -2.41. The van der Waals surface area contributed by atoms with Crippen molar-refractivity contribution < 1.29 is 23.4 Å². The second kappa shape index (κ2) is 7.35. The SMILES string of the molecule is CO[C@H]1O[C@H](CI)[C@H](F)[C@H](C)[C@H]1COC(=O)C(C)(C)C. The zero-order valence-corrected chi connectivity index (χ0v) is 14.8. The Morgan fingerprint density at radius 2 is 2.00 bits per heavy atom. The fourth-order valence-corrected chi connectivity index (χ4v) is 2.83. The van der Waals surface area contributed by atoms with Crippen molar-refractivity contribution in [3.8, 4) is 0 Å². The molecule has 4 nitrogen and oxygen atoms in total. The lowest BCUT2D eigenvalue weighted by atomic mass is 9.85. The Morgan fingerprint density at radius 1 is 1.40 bits per heavy atom. The van der Waals surface area contributed by atoms with Crippen LogP contribution < -0.4 is 0 Å². The molecule has 1 aliphatic rings. The molecule has 1 rings (SSSR count). The van der Waals surface area contributed by atoms with Gasteiger partial charge in [0.1, 0.15) is 12.3 Å². The van der Waals surface area contributed by atoms with Crippen molar-refractivity contribution in [2.45, 2.75) is 46.3 Å². The third-order valence-electron chi connectivity index (χ3n) is 3.59. The topological polar surface area (TPSA) is 44.8 Å². The highest BCUT2D eigenvalue weighted by molar-refractivity contribution is 14.1. The van der Waals surface area contributed by atoms with E-state index in [0.717, 1.165) is 0 Å². The molecule has 1 saturated heterocycles. The molecule has 0 radical (unpaired) electrons. The molecule has 0 N–H and O–H groups in total. The fraction of sp³-hybridized carbons (Fsp3) is 0.929. The number of ether oxygens (including phenoxy) is 3. The van der Waals surface area contributed by atoms with E-state index in [2.05, 4.69) is 22.6 Å². The van der Waals surface area contributed by atoms with Crippen molar-refractivity contribution in [1.82, 2.24) is 0 Å². The highest BCUT2D eigenvalue weighted by Gasteiger charge is 2.44. The third kappa shape index (κ3) is 4.27. The summed E-state index contributed by atoms with van der Waals surface area (Å²) < 4.78 is 31.0. The Balaban J connectivity index is 2.69. The average molecular weight is 402 g/mol. The number of esters is 1. The van der Waals surface area contributed by atoms with E-state index in [9.17, 15) is 9.18 Å². The number of methoxy groups -OCH3 is 1. The maximum Gasteiger partial charge on any atom is 0.311 e. The first-order valence-electron chi connectivity index (χ1n) is 6.77. The smallest absolute Gasteiger partial charge is 0.311 e. The summed E-state index contributed by atoms with van der Waals surface area (Å²) in [5.74, 6) is -0.868. The van der Waals surface area contributed by atoms with E-state index in [4.69, 9.17) is 14.2 Å². The van der Waals surface area contributed by atoms with Crippen molar-refractivity contribution in [1.29, 1.82) is 0 Å². The summed E-state index contributed by atoms with van der Waals surface area (Å²) in [7, 11) is 1.53. The number of hydrogen-bond donors (Lipinski definition) is 0. The lowest BCUT2D eigenvalue weighted by molar-refractivity contribution is -0.247. The van der Waals surface area contributed by atoms with Crippen LogP contribution in [0.15, 0.2) is 0 Å². The Hall–Kier alpha value is 0.0500. The van der Waals surface area contributed by atoms with Crippen LogP contribution in [0.1, 0.15) is 27.7 Å². The van der Waals surface area contributed by atoms with E-state index in [1.165, 1.54) is 7.11 Å². The summed E-state index contributed by atoms with van der Waals surface area (Å²) >= 11 is 2.10. The molecule has 0 unspecified atom stereocenters.